The third-order valence-corrected chi connectivity index (χ3v) is 4.04. The molecule has 0 atom stereocenters. The van der Waals surface area contributed by atoms with Gasteiger partial charge in [-0.25, -0.2) is 8.42 Å². The largest absolute Gasteiger partial charge is 0.303 e. The highest BCUT2D eigenvalue weighted by molar-refractivity contribution is 7.93. The summed E-state index contributed by atoms with van der Waals surface area (Å²) >= 11 is 0. The van der Waals surface area contributed by atoms with Crippen LogP contribution in [0, 0.1) is 5.41 Å². The van der Waals surface area contributed by atoms with E-state index < -0.39 is 15.3 Å². The lowest BCUT2D eigenvalue weighted by Gasteiger charge is -2.35. The fourth-order valence-corrected chi connectivity index (χ4v) is 3.69. The Kier molecular flexibility index (Phi) is 2.05. The van der Waals surface area contributed by atoms with Crippen LogP contribution >= 0.6 is 0 Å². The minimum absolute atomic E-state index is 0.0668. The first-order chi connectivity index (χ1) is 5.04. The molecule has 0 aromatic carbocycles. The van der Waals surface area contributed by atoms with Gasteiger partial charge in [0.05, 0.1) is 16.9 Å². The van der Waals surface area contributed by atoms with Crippen LogP contribution in [0.15, 0.2) is 0 Å². The molecule has 1 fully saturated rings. The number of rotatable bonds is 3. The van der Waals surface area contributed by atoms with Crippen molar-refractivity contribution in [2.45, 2.75) is 19.8 Å². The Balaban J connectivity index is 2.64. The van der Waals surface area contributed by atoms with Crippen molar-refractivity contribution in [2.75, 3.05) is 11.5 Å². The van der Waals surface area contributed by atoms with Crippen LogP contribution in [0.25, 0.3) is 0 Å². The minimum Gasteiger partial charge on any atom is -0.303 e. The lowest BCUT2D eigenvalue weighted by molar-refractivity contribution is -0.115. The zero-order valence-electron chi connectivity index (χ0n) is 6.54. The Morgan fingerprint density at radius 3 is 2.27 bits per heavy atom. The molecule has 0 saturated carbocycles. The van der Waals surface area contributed by atoms with Crippen LogP contribution < -0.4 is 0 Å². The lowest BCUT2D eigenvalue weighted by Crippen LogP contribution is -2.49. The molecule has 1 aliphatic rings. The van der Waals surface area contributed by atoms with Gasteiger partial charge >= 0.3 is 0 Å². The first-order valence-electron chi connectivity index (χ1n) is 3.70. The predicted molar refractivity (Wildman–Crippen MR) is 42.1 cm³/mol. The van der Waals surface area contributed by atoms with E-state index in [2.05, 4.69) is 0 Å². The first-order valence-corrected chi connectivity index (χ1v) is 5.52. The van der Waals surface area contributed by atoms with Gasteiger partial charge in [0.2, 0.25) is 0 Å². The summed E-state index contributed by atoms with van der Waals surface area (Å²) in [5.74, 6) is 0.134. The van der Waals surface area contributed by atoms with E-state index in [0.29, 0.717) is 6.42 Å². The number of hydrogen-bond acceptors (Lipinski definition) is 3. The molecule has 1 saturated heterocycles. The number of hydrogen-bond donors (Lipinski definition) is 0. The Hall–Kier alpha value is -0.380. The second-order valence-electron chi connectivity index (χ2n) is 3.26. The summed E-state index contributed by atoms with van der Waals surface area (Å²) in [6.07, 6.45) is 2.38. The molecule has 0 aliphatic carbocycles. The smallest absolute Gasteiger partial charge is 0.152 e. The summed E-state index contributed by atoms with van der Waals surface area (Å²) in [5, 5.41) is 0. The molecular formula is C7H12O3S. The van der Waals surface area contributed by atoms with Crippen LogP contribution in [0.4, 0.5) is 0 Å². The van der Waals surface area contributed by atoms with E-state index in [1.54, 1.807) is 0 Å². The third kappa shape index (κ3) is 1.61. The van der Waals surface area contributed by atoms with Crippen LogP contribution in [0.1, 0.15) is 19.8 Å². The van der Waals surface area contributed by atoms with Crippen molar-refractivity contribution < 1.29 is 13.2 Å². The summed E-state index contributed by atoms with van der Waals surface area (Å²) in [7, 11) is -2.85. The molecule has 1 heterocycles. The van der Waals surface area contributed by atoms with E-state index in [-0.39, 0.29) is 11.5 Å². The molecule has 0 N–H and O–H groups in total. The second-order valence-corrected chi connectivity index (χ2v) is 5.33. The lowest BCUT2D eigenvalue weighted by atomic mass is 9.89. The molecule has 0 spiro atoms. The minimum atomic E-state index is -2.85. The number of carbonyl (C=O) groups excluding carboxylic acids is 1. The number of carbonyl (C=O) groups is 1. The average molecular weight is 176 g/mol. The van der Waals surface area contributed by atoms with Gasteiger partial charge in [0.1, 0.15) is 6.29 Å². The van der Waals surface area contributed by atoms with Gasteiger partial charge in [0, 0.05) is 0 Å². The van der Waals surface area contributed by atoms with Gasteiger partial charge in [-0.2, -0.15) is 0 Å². The van der Waals surface area contributed by atoms with Gasteiger partial charge in [-0.05, 0) is 6.42 Å². The van der Waals surface area contributed by atoms with Gasteiger partial charge in [-0.3, -0.25) is 0 Å². The Bertz CT molecular complexity index is 241. The van der Waals surface area contributed by atoms with Gasteiger partial charge < -0.3 is 4.79 Å². The Labute approximate surface area is 66.7 Å². The summed E-state index contributed by atoms with van der Waals surface area (Å²) in [5.41, 5.74) is -0.520. The fraction of sp³-hybridized carbons (Fsp3) is 0.857. The Morgan fingerprint density at radius 1 is 1.45 bits per heavy atom. The molecule has 1 rings (SSSR count). The number of aldehydes is 1. The van der Waals surface area contributed by atoms with Gasteiger partial charge in [-0.15, -0.1) is 0 Å². The molecular weight excluding hydrogens is 164 g/mol. The van der Waals surface area contributed by atoms with E-state index in [4.69, 9.17) is 0 Å². The average Bonchev–Trinajstić information content (AvgIpc) is 1.84. The molecule has 0 unspecified atom stereocenters. The van der Waals surface area contributed by atoms with Gasteiger partial charge in [0.25, 0.3) is 0 Å². The highest BCUT2D eigenvalue weighted by atomic mass is 32.2. The fourth-order valence-electron chi connectivity index (χ4n) is 1.60. The van der Waals surface area contributed by atoms with E-state index in [1.165, 1.54) is 0 Å². The molecule has 0 radical (unpaired) electrons. The van der Waals surface area contributed by atoms with Crippen molar-refractivity contribution in [3.63, 3.8) is 0 Å². The second kappa shape index (κ2) is 2.59. The molecule has 0 bridgehead atoms. The van der Waals surface area contributed by atoms with Gasteiger partial charge in [-0.1, -0.05) is 13.3 Å². The Morgan fingerprint density at radius 2 is 2.00 bits per heavy atom. The zero-order valence-corrected chi connectivity index (χ0v) is 7.36. The highest BCUT2D eigenvalue weighted by Gasteiger charge is 2.47. The monoisotopic (exact) mass is 176 g/mol. The maximum Gasteiger partial charge on any atom is 0.152 e. The number of sulfone groups is 1. The van der Waals surface area contributed by atoms with E-state index in [0.717, 1.165) is 12.7 Å². The SMILES string of the molecule is CCCC1(C=O)CS(=O)(=O)C1. The van der Waals surface area contributed by atoms with Crippen molar-refractivity contribution in [1.82, 2.24) is 0 Å². The zero-order chi connectivity index (χ0) is 8.54. The maximum absolute atomic E-state index is 10.8. The van der Waals surface area contributed by atoms with Crippen molar-refractivity contribution in [1.29, 1.82) is 0 Å². The molecule has 0 aromatic heterocycles. The molecule has 0 amide bonds. The third-order valence-electron chi connectivity index (χ3n) is 2.01. The highest BCUT2D eigenvalue weighted by Crippen LogP contribution is 2.34. The van der Waals surface area contributed by atoms with Crippen LogP contribution in [0.5, 0.6) is 0 Å². The van der Waals surface area contributed by atoms with Crippen molar-refractivity contribution in [2.24, 2.45) is 5.41 Å². The van der Waals surface area contributed by atoms with Crippen molar-refractivity contribution in [3.05, 3.63) is 0 Å². The van der Waals surface area contributed by atoms with Crippen molar-refractivity contribution >= 4 is 16.1 Å². The molecule has 4 heteroatoms. The molecule has 11 heavy (non-hydrogen) atoms. The molecule has 64 valence electrons. The normalized spacial score (nSPS) is 25.5. The van der Waals surface area contributed by atoms with Crippen LogP contribution in [0.3, 0.4) is 0 Å². The van der Waals surface area contributed by atoms with Crippen LogP contribution in [-0.2, 0) is 14.6 Å². The van der Waals surface area contributed by atoms with Crippen LogP contribution in [0.2, 0.25) is 0 Å². The molecule has 0 aromatic rings. The van der Waals surface area contributed by atoms with Crippen molar-refractivity contribution in [3.8, 4) is 0 Å². The summed E-state index contributed by atoms with van der Waals surface area (Å²) < 4.78 is 21.6. The molecule has 1 aliphatic heterocycles. The topological polar surface area (TPSA) is 51.2 Å². The van der Waals surface area contributed by atoms with Crippen LogP contribution in [-0.4, -0.2) is 26.2 Å². The first kappa shape index (κ1) is 8.71. The molecule has 3 nitrogen and oxygen atoms in total. The summed E-state index contributed by atoms with van der Waals surface area (Å²) in [6.45, 7) is 1.95. The summed E-state index contributed by atoms with van der Waals surface area (Å²) in [6, 6.07) is 0. The standard InChI is InChI=1S/C7H12O3S/c1-2-3-7(4-8)5-11(9,10)6-7/h4H,2-3,5-6H2,1H3. The van der Waals surface area contributed by atoms with E-state index >= 15 is 0 Å². The maximum atomic E-state index is 10.8. The predicted octanol–water partition coefficient (Wildman–Crippen LogP) is 0.400. The summed E-state index contributed by atoms with van der Waals surface area (Å²) in [4.78, 5) is 10.5. The van der Waals surface area contributed by atoms with Gasteiger partial charge in [0.15, 0.2) is 9.84 Å². The van der Waals surface area contributed by atoms with E-state index in [1.807, 2.05) is 6.92 Å². The quantitative estimate of drug-likeness (QED) is 0.585. The van der Waals surface area contributed by atoms with E-state index in [9.17, 15) is 13.2 Å².